The van der Waals surface area contributed by atoms with Gasteiger partial charge < -0.3 is 0 Å². The third-order valence-electron chi connectivity index (χ3n) is 4.08. The molecule has 0 aliphatic rings. The van der Waals surface area contributed by atoms with Crippen LogP contribution in [0.15, 0.2) is 84.9 Å². The van der Waals surface area contributed by atoms with Gasteiger partial charge in [0, 0.05) is 16.1 Å². The van der Waals surface area contributed by atoms with Crippen molar-refractivity contribution in [2.24, 2.45) is 0 Å². The van der Waals surface area contributed by atoms with Crippen LogP contribution in [0.4, 0.5) is 0 Å². The molecule has 0 saturated heterocycles. The Balaban J connectivity index is 1.83. The first-order valence-corrected chi connectivity index (χ1v) is 8.48. The lowest BCUT2D eigenvalue weighted by molar-refractivity contribution is 0.656. The molecule has 0 aliphatic heterocycles. The molecule has 0 atom stereocenters. The average molecular weight is 346 g/mol. The van der Waals surface area contributed by atoms with Crippen molar-refractivity contribution in [3.8, 4) is 22.5 Å². The number of halogens is 1. The largest absolute Gasteiger partial charge is 0.240 e. The Morgan fingerprint density at radius 3 is 2.04 bits per heavy atom. The number of benzene rings is 3. The van der Waals surface area contributed by atoms with E-state index in [1.807, 2.05) is 65.3 Å². The van der Waals surface area contributed by atoms with Gasteiger partial charge in [0.1, 0.15) is 5.69 Å². The molecule has 3 nitrogen and oxygen atoms in total. The van der Waals surface area contributed by atoms with Crippen molar-refractivity contribution >= 4 is 11.6 Å². The van der Waals surface area contributed by atoms with Crippen LogP contribution in [-0.2, 0) is 6.54 Å². The lowest BCUT2D eigenvalue weighted by Crippen LogP contribution is -2.04. The topological polar surface area (TPSA) is 30.7 Å². The molecule has 122 valence electrons. The van der Waals surface area contributed by atoms with Crippen LogP contribution in [0.2, 0.25) is 5.02 Å². The Morgan fingerprint density at radius 1 is 0.720 bits per heavy atom. The monoisotopic (exact) mass is 345 g/mol. The lowest BCUT2D eigenvalue weighted by Gasteiger charge is -2.09. The third-order valence-corrected chi connectivity index (χ3v) is 4.33. The van der Waals surface area contributed by atoms with Gasteiger partial charge in [-0.05, 0) is 17.7 Å². The summed E-state index contributed by atoms with van der Waals surface area (Å²) in [7, 11) is 0. The lowest BCUT2D eigenvalue weighted by atomic mass is 10.0. The van der Waals surface area contributed by atoms with Crippen LogP contribution in [0, 0.1) is 0 Å². The van der Waals surface area contributed by atoms with Gasteiger partial charge in [-0.1, -0.05) is 89.6 Å². The zero-order valence-corrected chi connectivity index (χ0v) is 14.3. The molecule has 0 spiro atoms. The Kier molecular flexibility index (Phi) is 4.32. The smallest absolute Gasteiger partial charge is 0.121 e. The maximum atomic E-state index is 6.03. The summed E-state index contributed by atoms with van der Waals surface area (Å²) < 4.78 is 1.95. The number of nitrogens with zero attached hydrogens (tertiary/aromatic N) is 3. The van der Waals surface area contributed by atoms with Crippen molar-refractivity contribution in [1.82, 2.24) is 15.0 Å². The molecule has 4 heteroatoms. The molecule has 4 aromatic rings. The number of aromatic nitrogens is 3. The summed E-state index contributed by atoms with van der Waals surface area (Å²) in [6, 6.07) is 28.2. The fourth-order valence-corrected chi connectivity index (χ4v) is 2.99. The van der Waals surface area contributed by atoms with Crippen LogP contribution in [-0.4, -0.2) is 15.0 Å². The molecule has 0 radical (unpaired) electrons. The van der Waals surface area contributed by atoms with Gasteiger partial charge in [0.2, 0.25) is 0 Å². The second kappa shape index (κ2) is 6.91. The van der Waals surface area contributed by atoms with Crippen LogP contribution in [0.25, 0.3) is 22.5 Å². The van der Waals surface area contributed by atoms with Gasteiger partial charge in [0.15, 0.2) is 0 Å². The summed E-state index contributed by atoms with van der Waals surface area (Å²) in [5.74, 6) is 0. The van der Waals surface area contributed by atoms with Crippen molar-refractivity contribution in [1.29, 1.82) is 0 Å². The predicted octanol–water partition coefficient (Wildman–Crippen LogP) is 5.31. The van der Waals surface area contributed by atoms with Crippen LogP contribution >= 0.6 is 11.6 Å². The van der Waals surface area contributed by atoms with E-state index >= 15 is 0 Å². The molecule has 1 heterocycles. The van der Waals surface area contributed by atoms with E-state index in [1.54, 1.807) is 0 Å². The van der Waals surface area contributed by atoms with Crippen LogP contribution < -0.4 is 0 Å². The van der Waals surface area contributed by atoms with Gasteiger partial charge in [0.25, 0.3) is 0 Å². The van der Waals surface area contributed by atoms with Crippen LogP contribution in [0.3, 0.4) is 0 Å². The Hall–Kier alpha value is -2.91. The molecule has 0 unspecified atom stereocenters. The molecule has 0 bridgehead atoms. The van der Waals surface area contributed by atoms with Crippen molar-refractivity contribution in [2.75, 3.05) is 0 Å². The van der Waals surface area contributed by atoms with E-state index in [1.165, 1.54) is 5.56 Å². The number of hydrogen-bond donors (Lipinski definition) is 0. The number of rotatable bonds is 4. The average Bonchev–Trinajstić information content (AvgIpc) is 3.07. The second-order valence-corrected chi connectivity index (χ2v) is 6.24. The highest BCUT2D eigenvalue weighted by Crippen LogP contribution is 2.31. The summed E-state index contributed by atoms with van der Waals surface area (Å²) in [4.78, 5) is 0. The van der Waals surface area contributed by atoms with Gasteiger partial charge in [-0.3, -0.25) is 0 Å². The van der Waals surface area contributed by atoms with E-state index in [0.29, 0.717) is 11.6 Å². The fraction of sp³-hybridized carbons (Fsp3) is 0.0476. The molecule has 4 rings (SSSR count). The molecule has 1 aromatic heterocycles. The molecule has 0 aliphatic carbocycles. The standard InChI is InChI=1S/C21H16ClN3/c22-19-13-11-17(12-14-19)20-21(18-9-5-2-6-10-18)25(24-23-20)15-16-7-3-1-4-8-16/h1-14H,15H2. The van der Waals surface area contributed by atoms with Gasteiger partial charge in [0.05, 0.1) is 12.2 Å². The summed E-state index contributed by atoms with van der Waals surface area (Å²) in [5, 5.41) is 9.59. The SMILES string of the molecule is Clc1ccc(-c2nnn(Cc3ccccc3)c2-c2ccccc2)cc1. The minimum atomic E-state index is 0.672. The zero-order valence-electron chi connectivity index (χ0n) is 13.5. The van der Waals surface area contributed by atoms with E-state index in [9.17, 15) is 0 Å². The summed E-state index contributed by atoms with van der Waals surface area (Å²) in [5.41, 5.74) is 5.15. The molecule has 3 aromatic carbocycles. The Morgan fingerprint density at radius 2 is 1.36 bits per heavy atom. The molecule has 25 heavy (non-hydrogen) atoms. The molecule has 0 fully saturated rings. The van der Waals surface area contributed by atoms with Gasteiger partial charge >= 0.3 is 0 Å². The first kappa shape index (κ1) is 15.6. The van der Waals surface area contributed by atoms with Crippen LogP contribution in [0.5, 0.6) is 0 Å². The van der Waals surface area contributed by atoms with Crippen molar-refractivity contribution in [3.63, 3.8) is 0 Å². The molecule has 0 N–H and O–H groups in total. The van der Waals surface area contributed by atoms with Crippen molar-refractivity contribution < 1.29 is 0 Å². The van der Waals surface area contributed by atoms with Gasteiger partial charge in [-0.2, -0.15) is 0 Å². The van der Waals surface area contributed by atoms with E-state index in [4.69, 9.17) is 11.6 Å². The zero-order chi connectivity index (χ0) is 17.1. The highest BCUT2D eigenvalue weighted by atomic mass is 35.5. The summed E-state index contributed by atoms with van der Waals surface area (Å²) in [6.45, 7) is 0.672. The maximum absolute atomic E-state index is 6.03. The van der Waals surface area contributed by atoms with Gasteiger partial charge in [-0.25, -0.2) is 4.68 Å². The van der Waals surface area contributed by atoms with Crippen molar-refractivity contribution in [2.45, 2.75) is 6.54 Å². The first-order valence-electron chi connectivity index (χ1n) is 8.10. The normalized spacial score (nSPS) is 10.8. The van der Waals surface area contributed by atoms with Crippen molar-refractivity contribution in [3.05, 3.63) is 95.5 Å². The highest BCUT2D eigenvalue weighted by Gasteiger charge is 2.16. The van der Waals surface area contributed by atoms with E-state index in [-0.39, 0.29) is 0 Å². The fourth-order valence-electron chi connectivity index (χ4n) is 2.86. The predicted molar refractivity (Wildman–Crippen MR) is 101 cm³/mol. The minimum absolute atomic E-state index is 0.672. The Bertz CT molecular complexity index is 961. The summed E-state index contributed by atoms with van der Waals surface area (Å²) >= 11 is 6.03. The third kappa shape index (κ3) is 3.32. The van der Waals surface area contributed by atoms with E-state index < -0.39 is 0 Å². The van der Waals surface area contributed by atoms with Gasteiger partial charge in [-0.15, -0.1) is 5.10 Å². The summed E-state index contributed by atoms with van der Waals surface area (Å²) in [6.07, 6.45) is 0. The van der Waals surface area contributed by atoms with Crippen LogP contribution in [0.1, 0.15) is 5.56 Å². The molecular formula is C21H16ClN3. The van der Waals surface area contributed by atoms with E-state index in [0.717, 1.165) is 22.5 Å². The number of hydrogen-bond acceptors (Lipinski definition) is 2. The first-order chi connectivity index (χ1) is 12.3. The molecule has 0 saturated carbocycles. The minimum Gasteiger partial charge on any atom is -0.240 e. The maximum Gasteiger partial charge on any atom is 0.121 e. The quantitative estimate of drug-likeness (QED) is 0.501. The highest BCUT2D eigenvalue weighted by molar-refractivity contribution is 6.30. The second-order valence-electron chi connectivity index (χ2n) is 5.80. The Labute approximate surface area is 151 Å². The molecule has 0 amide bonds. The molecular weight excluding hydrogens is 330 g/mol. The van der Waals surface area contributed by atoms with E-state index in [2.05, 4.69) is 34.6 Å².